The van der Waals surface area contributed by atoms with Gasteiger partial charge in [-0.25, -0.2) is 0 Å². The van der Waals surface area contributed by atoms with Gasteiger partial charge in [0.15, 0.2) is 5.43 Å². The maximum Gasteiger partial charge on any atom is 0.272 e. The van der Waals surface area contributed by atoms with E-state index in [1.165, 1.54) is 18.3 Å². The van der Waals surface area contributed by atoms with Crippen LogP contribution < -0.4 is 10.7 Å². The first kappa shape index (κ1) is 11.4. The number of aromatic amines is 1. The Balaban J connectivity index is 2.23. The number of nitrogens with one attached hydrogen (secondary N) is 2. The predicted molar refractivity (Wildman–Crippen MR) is 66.5 cm³/mol. The number of anilines is 1. The zero-order valence-electron chi connectivity index (χ0n) is 8.74. The smallest absolute Gasteiger partial charge is 0.272 e. The first-order chi connectivity index (χ1) is 8.16. The molecule has 1 aromatic heterocycles. The third-order valence-corrected chi connectivity index (χ3v) is 2.47. The molecule has 0 aliphatic rings. The molecule has 0 atom stereocenters. The molecule has 1 amide bonds. The van der Waals surface area contributed by atoms with Crippen molar-refractivity contribution in [2.45, 2.75) is 0 Å². The van der Waals surface area contributed by atoms with Crippen molar-refractivity contribution in [3.05, 3.63) is 63.5 Å². The molecular weight excluding hydrogens is 240 g/mol. The number of carbonyl (C=O) groups is 1. The third-order valence-electron chi connectivity index (χ3n) is 2.14. The van der Waals surface area contributed by atoms with Gasteiger partial charge in [0.1, 0.15) is 5.69 Å². The predicted octanol–water partition coefficient (Wildman–Crippen LogP) is 2.28. The van der Waals surface area contributed by atoms with Crippen LogP contribution in [0.15, 0.2) is 47.4 Å². The Bertz CT molecular complexity index is 607. The first-order valence-electron chi connectivity index (χ1n) is 4.91. The number of pyridine rings is 1. The standard InChI is InChI=1S/C12H9ClN2O2/c13-9-3-1-2-4-10(9)15-12(17)11-7-8(16)5-6-14-11/h1-7H,(H,14,16)(H,15,17). The highest BCUT2D eigenvalue weighted by molar-refractivity contribution is 6.33. The van der Waals surface area contributed by atoms with Gasteiger partial charge in [0, 0.05) is 18.3 Å². The van der Waals surface area contributed by atoms with Gasteiger partial charge in [0.2, 0.25) is 0 Å². The molecule has 1 heterocycles. The molecule has 5 heteroatoms. The SMILES string of the molecule is O=C(Nc1ccccc1Cl)c1cc(=O)cc[nH]1. The fraction of sp³-hybridized carbons (Fsp3) is 0. The van der Waals surface area contributed by atoms with Crippen molar-refractivity contribution in [3.8, 4) is 0 Å². The summed E-state index contributed by atoms with van der Waals surface area (Å²) in [6, 6.07) is 9.45. The minimum Gasteiger partial charge on any atom is -0.357 e. The van der Waals surface area contributed by atoms with Crippen LogP contribution in [0.25, 0.3) is 0 Å². The van der Waals surface area contributed by atoms with Crippen LogP contribution in [0.2, 0.25) is 5.02 Å². The molecule has 2 rings (SSSR count). The Hall–Kier alpha value is -2.07. The number of aromatic nitrogens is 1. The second-order valence-electron chi connectivity index (χ2n) is 3.37. The Morgan fingerprint density at radius 1 is 1.24 bits per heavy atom. The van der Waals surface area contributed by atoms with E-state index < -0.39 is 5.91 Å². The molecular formula is C12H9ClN2O2. The van der Waals surface area contributed by atoms with Crippen LogP contribution in [0.4, 0.5) is 5.69 Å². The molecule has 0 bridgehead atoms. The number of carbonyl (C=O) groups excluding carboxylic acids is 1. The molecule has 1 aromatic carbocycles. The van der Waals surface area contributed by atoms with Gasteiger partial charge in [-0.1, -0.05) is 23.7 Å². The van der Waals surface area contributed by atoms with E-state index >= 15 is 0 Å². The third kappa shape index (κ3) is 2.73. The minimum absolute atomic E-state index is 0.192. The van der Waals surface area contributed by atoms with Gasteiger partial charge in [-0.15, -0.1) is 0 Å². The van der Waals surface area contributed by atoms with Gasteiger partial charge in [-0.3, -0.25) is 9.59 Å². The zero-order valence-corrected chi connectivity index (χ0v) is 9.49. The van der Waals surface area contributed by atoms with E-state index in [1.807, 2.05) is 0 Å². The average molecular weight is 249 g/mol. The van der Waals surface area contributed by atoms with E-state index in [2.05, 4.69) is 10.3 Å². The molecule has 0 unspecified atom stereocenters. The molecule has 0 radical (unpaired) electrons. The fourth-order valence-corrected chi connectivity index (χ4v) is 1.51. The second kappa shape index (κ2) is 4.84. The molecule has 0 aliphatic carbocycles. The Labute approximate surface area is 102 Å². The van der Waals surface area contributed by atoms with Crippen molar-refractivity contribution in [3.63, 3.8) is 0 Å². The number of H-pyrrole nitrogens is 1. The molecule has 2 aromatic rings. The summed E-state index contributed by atoms with van der Waals surface area (Å²) in [5.74, 6) is -0.407. The normalized spacial score (nSPS) is 9.94. The number of para-hydroxylation sites is 1. The lowest BCUT2D eigenvalue weighted by Gasteiger charge is -2.06. The van der Waals surface area contributed by atoms with Crippen molar-refractivity contribution in [1.29, 1.82) is 0 Å². The molecule has 86 valence electrons. The van der Waals surface area contributed by atoms with Gasteiger partial charge in [0.05, 0.1) is 10.7 Å². The van der Waals surface area contributed by atoms with Crippen molar-refractivity contribution >= 4 is 23.2 Å². The van der Waals surface area contributed by atoms with Crippen LogP contribution in [0.3, 0.4) is 0 Å². The number of hydrogen-bond donors (Lipinski definition) is 2. The second-order valence-corrected chi connectivity index (χ2v) is 3.78. The lowest BCUT2D eigenvalue weighted by Crippen LogP contribution is -2.16. The number of benzene rings is 1. The number of amides is 1. The van der Waals surface area contributed by atoms with Crippen LogP contribution in [-0.2, 0) is 0 Å². The minimum atomic E-state index is -0.407. The highest BCUT2D eigenvalue weighted by Gasteiger charge is 2.08. The first-order valence-corrected chi connectivity index (χ1v) is 5.29. The average Bonchev–Trinajstić information content (AvgIpc) is 2.32. The quantitative estimate of drug-likeness (QED) is 0.857. The van der Waals surface area contributed by atoms with Gasteiger partial charge in [-0.2, -0.15) is 0 Å². The molecule has 0 saturated carbocycles. The molecule has 17 heavy (non-hydrogen) atoms. The van der Waals surface area contributed by atoms with E-state index in [-0.39, 0.29) is 11.1 Å². The molecule has 0 spiro atoms. The number of rotatable bonds is 2. The maximum absolute atomic E-state index is 11.8. The van der Waals surface area contributed by atoms with E-state index in [1.54, 1.807) is 24.3 Å². The van der Waals surface area contributed by atoms with Crippen molar-refractivity contribution in [2.75, 3.05) is 5.32 Å². The highest BCUT2D eigenvalue weighted by atomic mass is 35.5. The summed E-state index contributed by atoms with van der Waals surface area (Å²) in [6.45, 7) is 0. The Kier molecular flexibility index (Phi) is 3.25. The fourth-order valence-electron chi connectivity index (χ4n) is 1.33. The number of halogens is 1. The van der Waals surface area contributed by atoms with Crippen molar-refractivity contribution in [2.24, 2.45) is 0 Å². The van der Waals surface area contributed by atoms with Gasteiger partial charge >= 0.3 is 0 Å². The van der Waals surface area contributed by atoms with Crippen molar-refractivity contribution in [1.82, 2.24) is 4.98 Å². The van der Waals surface area contributed by atoms with Crippen LogP contribution in [0.5, 0.6) is 0 Å². The number of hydrogen-bond acceptors (Lipinski definition) is 2. The van der Waals surface area contributed by atoms with E-state index in [0.717, 1.165) is 0 Å². The summed E-state index contributed by atoms with van der Waals surface area (Å²) < 4.78 is 0. The maximum atomic E-state index is 11.8. The largest absolute Gasteiger partial charge is 0.357 e. The van der Waals surface area contributed by atoms with Crippen LogP contribution in [0, 0.1) is 0 Å². The van der Waals surface area contributed by atoms with E-state index in [9.17, 15) is 9.59 Å². The molecule has 2 N–H and O–H groups in total. The topological polar surface area (TPSA) is 62.0 Å². The van der Waals surface area contributed by atoms with E-state index in [0.29, 0.717) is 10.7 Å². The Morgan fingerprint density at radius 2 is 2.00 bits per heavy atom. The van der Waals surface area contributed by atoms with Gasteiger partial charge in [-0.05, 0) is 12.1 Å². The Morgan fingerprint density at radius 3 is 2.71 bits per heavy atom. The summed E-state index contributed by atoms with van der Waals surface area (Å²) in [4.78, 5) is 25.6. The van der Waals surface area contributed by atoms with Crippen LogP contribution >= 0.6 is 11.6 Å². The van der Waals surface area contributed by atoms with Gasteiger partial charge in [0.25, 0.3) is 5.91 Å². The molecule has 4 nitrogen and oxygen atoms in total. The lowest BCUT2D eigenvalue weighted by atomic mass is 10.3. The zero-order chi connectivity index (χ0) is 12.3. The summed E-state index contributed by atoms with van der Waals surface area (Å²) in [5.41, 5.74) is 0.467. The molecule has 0 fully saturated rings. The summed E-state index contributed by atoms with van der Waals surface area (Å²) in [6.07, 6.45) is 1.42. The highest BCUT2D eigenvalue weighted by Crippen LogP contribution is 2.20. The lowest BCUT2D eigenvalue weighted by molar-refractivity contribution is 0.102. The summed E-state index contributed by atoms with van der Waals surface area (Å²) >= 11 is 5.90. The van der Waals surface area contributed by atoms with Crippen LogP contribution in [-0.4, -0.2) is 10.9 Å². The summed E-state index contributed by atoms with van der Waals surface area (Å²) in [7, 11) is 0. The molecule has 0 saturated heterocycles. The monoisotopic (exact) mass is 248 g/mol. The van der Waals surface area contributed by atoms with Gasteiger partial charge < -0.3 is 10.3 Å². The summed E-state index contributed by atoms with van der Waals surface area (Å²) in [5, 5.41) is 3.06. The van der Waals surface area contributed by atoms with E-state index in [4.69, 9.17) is 11.6 Å². The van der Waals surface area contributed by atoms with Crippen LogP contribution in [0.1, 0.15) is 10.5 Å². The van der Waals surface area contributed by atoms with Crippen molar-refractivity contribution < 1.29 is 4.79 Å². The molecule has 0 aliphatic heterocycles.